The van der Waals surface area contributed by atoms with Gasteiger partial charge in [-0.15, -0.1) is 0 Å². The predicted molar refractivity (Wildman–Crippen MR) is 174 cm³/mol. The number of amides is 2. The average molecular weight is 664 g/mol. The number of pyridine rings is 1. The number of esters is 1. The number of ketones is 1. The summed E-state index contributed by atoms with van der Waals surface area (Å²) < 4.78 is 11.7. The van der Waals surface area contributed by atoms with Crippen molar-refractivity contribution in [2.75, 3.05) is 12.0 Å². The first-order valence-electron chi connectivity index (χ1n) is 14.3. The highest BCUT2D eigenvalue weighted by molar-refractivity contribution is 9.10. The van der Waals surface area contributed by atoms with E-state index in [0.29, 0.717) is 56.7 Å². The van der Waals surface area contributed by atoms with E-state index < -0.39 is 12.1 Å². The molecule has 0 fully saturated rings. The number of carbonyl (C=O) groups is 4. The number of methoxy groups -OCH3 is 1. The molecule has 1 atom stereocenters. The van der Waals surface area contributed by atoms with Crippen LogP contribution >= 0.6 is 15.9 Å². The molecular formula is C36H27BrN2O6. The molecule has 0 N–H and O–H groups in total. The maximum absolute atomic E-state index is 13.7. The van der Waals surface area contributed by atoms with Crippen LogP contribution in [-0.2, 0) is 11.2 Å². The number of anilines is 1. The van der Waals surface area contributed by atoms with Crippen LogP contribution in [0.2, 0.25) is 0 Å². The highest BCUT2D eigenvalue weighted by atomic mass is 79.9. The molecule has 1 aliphatic rings. The molecule has 1 aromatic heterocycles. The summed E-state index contributed by atoms with van der Waals surface area (Å²) in [6.45, 7) is 3.54. The molecule has 224 valence electrons. The Kier molecular flexibility index (Phi) is 8.03. The number of halogens is 1. The van der Waals surface area contributed by atoms with E-state index in [1.54, 1.807) is 92.9 Å². The minimum absolute atomic E-state index is 0.254. The van der Waals surface area contributed by atoms with Gasteiger partial charge in [0.1, 0.15) is 5.75 Å². The third kappa shape index (κ3) is 5.51. The molecular weight excluding hydrogens is 636 g/mol. The number of carbonyl (C=O) groups excluding carboxylic acids is 4. The maximum Gasteiger partial charge on any atom is 0.339 e. The van der Waals surface area contributed by atoms with Crippen LogP contribution in [0.15, 0.2) is 95.5 Å². The Morgan fingerprint density at radius 1 is 0.889 bits per heavy atom. The van der Waals surface area contributed by atoms with Crippen molar-refractivity contribution in [3.63, 3.8) is 0 Å². The summed E-state index contributed by atoms with van der Waals surface area (Å²) in [5.41, 5.74) is 4.51. The average Bonchev–Trinajstić information content (AvgIpc) is 3.32. The summed E-state index contributed by atoms with van der Waals surface area (Å²) in [6, 6.07) is 25.6. The van der Waals surface area contributed by atoms with Crippen LogP contribution < -0.4 is 9.64 Å². The van der Waals surface area contributed by atoms with Crippen LogP contribution in [0.25, 0.3) is 22.2 Å². The number of benzene rings is 4. The Morgan fingerprint density at radius 3 is 2.13 bits per heavy atom. The molecule has 5 aromatic rings. The van der Waals surface area contributed by atoms with Crippen LogP contribution in [0.1, 0.15) is 60.8 Å². The van der Waals surface area contributed by atoms with Gasteiger partial charge in [0.05, 0.1) is 40.7 Å². The van der Waals surface area contributed by atoms with E-state index in [1.807, 2.05) is 19.1 Å². The van der Waals surface area contributed by atoms with Gasteiger partial charge in [0.25, 0.3) is 11.8 Å². The number of Topliss-reactive ketones (excluding diaryl/α,β-unsaturated/α-hetero) is 1. The molecule has 2 heterocycles. The van der Waals surface area contributed by atoms with Gasteiger partial charge in [-0.25, -0.2) is 14.7 Å². The molecule has 0 spiro atoms. The molecule has 4 aromatic carbocycles. The summed E-state index contributed by atoms with van der Waals surface area (Å²) in [7, 11) is 1.54. The van der Waals surface area contributed by atoms with Crippen molar-refractivity contribution >= 4 is 56.1 Å². The zero-order valence-electron chi connectivity index (χ0n) is 24.7. The molecule has 0 radical (unpaired) electrons. The van der Waals surface area contributed by atoms with E-state index in [1.165, 1.54) is 0 Å². The summed E-state index contributed by atoms with van der Waals surface area (Å²) >= 11 is 3.54. The van der Waals surface area contributed by atoms with Gasteiger partial charge < -0.3 is 9.47 Å². The smallest absolute Gasteiger partial charge is 0.339 e. The van der Waals surface area contributed by atoms with Gasteiger partial charge in [0, 0.05) is 21.0 Å². The van der Waals surface area contributed by atoms with Crippen LogP contribution in [0.5, 0.6) is 5.75 Å². The van der Waals surface area contributed by atoms with Gasteiger partial charge in [-0.1, -0.05) is 47.1 Å². The number of ether oxygens (including phenoxy) is 2. The number of imide groups is 1. The second kappa shape index (κ2) is 12.1. The number of aryl methyl sites for hydroxylation is 1. The Morgan fingerprint density at radius 2 is 1.53 bits per heavy atom. The van der Waals surface area contributed by atoms with Crippen LogP contribution in [0.4, 0.5) is 5.69 Å². The summed E-state index contributed by atoms with van der Waals surface area (Å²) in [4.78, 5) is 58.8. The molecule has 0 saturated carbocycles. The van der Waals surface area contributed by atoms with Gasteiger partial charge in [-0.05, 0) is 85.6 Å². The van der Waals surface area contributed by atoms with Crippen molar-refractivity contribution < 1.29 is 28.7 Å². The van der Waals surface area contributed by atoms with E-state index in [4.69, 9.17) is 14.5 Å². The highest BCUT2D eigenvalue weighted by Crippen LogP contribution is 2.33. The molecule has 2 amide bonds. The van der Waals surface area contributed by atoms with Gasteiger partial charge in [-0.2, -0.15) is 0 Å². The number of fused-ring (bicyclic) bond motifs is 2. The third-order valence-corrected chi connectivity index (χ3v) is 8.26. The lowest BCUT2D eigenvalue weighted by Crippen LogP contribution is -2.29. The third-order valence-electron chi connectivity index (χ3n) is 7.80. The number of aromatic nitrogens is 1. The number of rotatable bonds is 8. The van der Waals surface area contributed by atoms with Gasteiger partial charge in [-0.3, -0.25) is 14.4 Å². The van der Waals surface area contributed by atoms with Crippen LogP contribution in [0.3, 0.4) is 0 Å². The first kappa shape index (κ1) is 29.9. The van der Waals surface area contributed by atoms with Crippen molar-refractivity contribution in [1.29, 1.82) is 0 Å². The molecule has 1 aliphatic heterocycles. The second-order valence-corrected chi connectivity index (χ2v) is 11.5. The topological polar surface area (TPSA) is 103 Å². The Balaban J connectivity index is 1.35. The second-order valence-electron chi connectivity index (χ2n) is 10.5. The normalized spacial score (nSPS) is 13.1. The number of hydrogen-bond donors (Lipinski definition) is 0. The fraction of sp³-hybridized carbons (Fsp3) is 0.139. The monoisotopic (exact) mass is 662 g/mol. The lowest BCUT2D eigenvalue weighted by atomic mass is 10.00. The van der Waals surface area contributed by atoms with E-state index >= 15 is 0 Å². The van der Waals surface area contributed by atoms with Crippen molar-refractivity contribution in [1.82, 2.24) is 4.98 Å². The van der Waals surface area contributed by atoms with Crippen molar-refractivity contribution in [2.45, 2.75) is 26.4 Å². The lowest BCUT2D eigenvalue weighted by molar-refractivity contribution is 0.0320. The molecule has 6 rings (SSSR count). The van der Waals surface area contributed by atoms with E-state index in [9.17, 15) is 19.2 Å². The SMILES string of the molecule is CCc1cc(Br)cc2c(C(=O)OC(C)C(=O)c3ccc(OC)cc3)cc(-c3ccc(N4C(=O)c5ccccc5C4=O)cc3)nc12. The Hall–Kier alpha value is -5.15. The summed E-state index contributed by atoms with van der Waals surface area (Å²) in [6.07, 6.45) is -0.388. The molecule has 1 unspecified atom stereocenters. The van der Waals surface area contributed by atoms with Crippen LogP contribution in [-0.4, -0.2) is 41.8 Å². The molecule has 0 saturated heterocycles. The van der Waals surface area contributed by atoms with Gasteiger partial charge in [0.15, 0.2) is 6.10 Å². The summed E-state index contributed by atoms with van der Waals surface area (Å²) in [5, 5.41) is 0.585. The predicted octanol–water partition coefficient (Wildman–Crippen LogP) is 7.46. The van der Waals surface area contributed by atoms with Crippen LogP contribution in [0, 0.1) is 0 Å². The zero-order chi connectivity index (χ0) is 31.8. The molecule has 9 heteroatoms. The number of nitrogens with zero attached hydrogens (tertiary/aromatic N) is 2. The van der Waals surface area contributed by atoms with Gasteiger partial charge in [0.2, 0.25) is 5.78 Å². The maximum atomic E-state index is 13.7. The lowest BCUT2D eigenvalue weighted by Gasteiger charge is -2.17. The minimum Gasteiger partial charge on any atom is -0.497 e. The highest BCUT2D eigenvalue weighted by Gasteiger charge is 2.36. The standard InChI is InChI=1S/C36H27BrN2O6/c1-4-21-17-24(37)18-29-30(36(43)45-20(2)33(40)23-11-15-26(44-3)16-12-23)19-31(38-32(21)29)22-9-13-25(14-10-22)39-34(41)27-7-5-6-8-28(27)35(39)42/h5-20H,4H2,1-3H3. The first-order valence-corrected chi connectivity index (χ1v) is 15.1. The molecule has 8 nitrogen and oxygen atoms in total. The first-order chi connectivity index (χ1) is 21.7. The van der Waals surface area contributed by atoms with Crippen molar-refractivity contribution in [3.8, 4) is 17.0 Å². The molecule has 0 bridgehead atoms. The van der Waals surface area contributed by atoms with Crippen molar-refractivity contribution in [3.05, 3.63) is 123 Å². The summed E-state index contributed by atoms with van der Waals surface area (Å²) in [5.74, 6) is -1.16. The fourth-order valence-corrected chi connectivity index (χ4v) is 5.92. The van der Waals surface area contributed by atoms with Gasteiger partial charge >= 0.3 is 5.97 Å². The van der Waals surface area contributed by atoms with Crippen molar-refractivity contribution in [2.24, 2.45) is 0 Å². The Bertz CT molecular complexity index is 1970. The van der Waals surface area contributed by atoms with E-state index in [0.717, 1.165) is 14.9 Å². The number of hydrogen-bond acceptors (Lipinski definition) is 7. The zero-order valence-corrected chi connectivity index (χ0v) is 26.3. The molecule has 0 aliphatic carbocycles. The minimum atomic E-state index is -1.05. The van der Waals surface area contributed by atoms with E-state index in [-0.39, 0.29) is 23.2 Å². The fourth-order valence-electron chi connectivity index (χ4n) is 5.42. The van der Waals surface area contributed by atoms with E-state index in [2.05, 4.69) is 15.9 Å². The molecule has 45 heavy (non-hydrogen) atoms. The largest absolute Gasteiger partial charge is 0.497 e. The Labute approximate surface area is 267 Å². The quantitative estimate of drug-likeness (QED) is 0.0965.